The van der Waals surface area contributed by atoms with Crippen molar-refractivity contribution in [1.82, 2.24) is 0 Å². The summed E-state index contributed by atoms with van der Waals surface area (Å²) in [6.45, 7) is 5.72. The molecule has 0 N–H and O–H groups in total. The van der Waals surface area contributed by atoms with E-state index in [1.165, 1.54) is 28.0 Å². The molecule has 0 unspecified atom stereocenters. The van der Waals surface area contributed by atoms with E-state index in [2.05, 4.69) is 98.0 Å². The largest absolute Gasteiger partial charge is 1.00 e. The smallest absolute Gasteiger partial charge is 0.497 e. The minimum Gasteiger partial charge on any atom is -0.497 e. The molecule has 0 aliphatic carbocycles. The van der Waals surface area contributed by atoms with Crippen LogP contribution in [0.15, 0.2) is 83.3 Å². The van der Waals surface area contributed by atoms with Gasteiger partial charge < -0.3 is 16.4 Å². The number of rotatable bonds is 4. The van der Waals surface area contributed by atoms with Gasteiger partial charge in [-0.1, -0.05) is 99.8 Å². The van der Waals surface area contributed by atoms with Gasteiger partial charge in [0.05, 0.1) is 18.7 Å². The minimum absolute atomic E-state index is 0. The number of unbranched alkanes of at least 4 members (excludes halogenated alkanes) is 1. The maximum absolute atomic E-state index is 5.21. The second-order valence-electron chi connectivity index (χ2n) is 6.78. The third-order valence-electron chi connectivity index (χ3n) is 4.40. The molecule has 0 aliphatic heterocycles. The molecular weight excluding hydrogens is 615 g/mol. The summed E-state index contributed by atoms with van der Waals surface area (Å²) in [5, 5.41) is 6.98. The van der Waals surface area contributed by atoms with Gasteiger partial charge in [0.15, 0.2) is 0 Å². The molecule has 0 aromatic heterocycles. The first-order chi connectivity index (χ1) is 16.0. The summed E-state index contributed by atoms with van der Waals surface area (Å²) >= 11 is 9.86. The quantitative estimate of drug-likeness (QED) is 0.137. The van der Waals surface area contributed by atoms with Crippen LogP contribution in [0.2, 0.25) is 0 Å². The first-order valence-electron chi connectivity index (χ1n) is 10.7. The molecule has 0 amide bonds. The average Bonchev–Trinajstić information content (AvgIpc) is 2.88. The van der Waals surface area contributed by atoms with E-state index in [1.807, 2.05) is 42.5 Å². The van der Waals surface area contributed by atoms with E-state index >= 15 is 0 Å². The van der Waals surface area contributed by atoms with Gasteiger partial charge in [0.2, 0.25) is 0 Å². The van der Waals surface area contributed by atoms with Gasteiger partial charge in [0, 0.05) is 10.7 Å². The number of alkyl halides is 2. The number of methoxy groups -OCH3 is 2. The molecule has 0 heterocycles. The summed E-state index contributed by atoms with van der Waals surface area (Å²) in [5.41, 5.74) is 0. The molecule has 178 valence electrons. The van der Waals surface area contributed by atoms with Crippen LogP contribution in [0.3, 0.4) is 0 Å². The van der Waals surface area contributed by atoms with Crippen LogP contribution in [-0.4, -0.2) is 24.9 Å². The molecule has 4 rings (SSSR count). The zero-order chi connectivity index (χ0) is 24.5. The van der Waals surface area contributed by atoms with Crippen molar-refractivity contribution in [3.63, 3.8) is 0 Å². The van der Waals surface area contributed by atoms with Crippen molar-refractivity contribution in [2.45, 2.75) is 19.8 Å². The molecule has 2 nitrogen and oxygen atoms in total. The Balaban J connectivity index is 0.000000481. The van der Waals surface area contributed by atoms with Gasteiger partial charge in [-0.2, -0.15) is 6.42 Å². The normalized spacial score (nSPS) is 9.26. The summed E-state index contributed by atoms with van der Waals surface area (Å²) in [6, 6.07) is 26.6. The number of halogens is 3. The predicted molar refractivity (Wildman–Crippen MR) is 157 cm³/mol. The molecule has 0 saturated carbocycles. The molecule has 34 heavy (non-hydrogen) atoms. The molecule has 0 bridgehead atoms. The number of benzene rings is 4. The van der Waals surface area contributed by atoms with E-state index in [-0.39, 0.29) is 18.9 Å². The minimum atomic E-state index is 0. The van der Waals surface area contributed by atoms with Gasteiger partial charge in [-0.05, 0) is 61.7 Å². The Labute approximate surface area is 242 Å². The van der Waals surface area contributed by atoms with Gasteiger partial charge in [-0.3, -0.25) is 0 Å². The number of fused-ring (bicyclic) bond motifs is 2. The molecule has 0 atom stereocenters. The Morgan fingerprint density at radius 2 is 1.18 bits per heavy atom. The van der Waals surface area contributed by atoms with E-state index in [9.17, 15) is 0 Å². The standard InChI is InChI=1S/C11H9BrO.C11H10O.C4H9.C2H4Br2.Li/c1-13-11-7-9-5-3-2-4-8(9)6-10(11)12;1-12-11-7-6-9-4-2-3-5-10(9)8-11;1-3-4-2;3-1-2-4;/h2-7H,1H3;2-8H,1H3;1,3-4H2,2H3;1-2H2;/q;;-1;;+1. The second-order valence-corrected chi connectivity index (χ2v) is 9.22. The third-order valence-corrected chi connectivity index (χ3v) is 6.88. The van der Waals surface area contributed by atoms with E-state index in [0.717, 1.165) is 33.1 Å². The van der Waals surface area contributed by atoms with E-state index in [0.29, 0.717) is 0 Å². The van der Waals surface area contributed by atoms with E-state index in [1.54, 1.807) is 14.2 Å². The average molecular weight is 647 g/mol. The predicted octanol–water partition coefficient (Wildman–Crippen LogP) is 6.86. The van der Waals surface area contributed by atoms with Gasteiger partial charge in [0.25, 0.3) is 0 Å². The van der Waals surface area contributed by atoms with E-state index in [4.69, 9.17) is 9.47 Å². The Morgan fingerprint density at radius 3 is 1.62 bits per heavy atom. The third kappa shape index (κ3) is 12.1. The molecule has 0 aliphatic rings. The first kappa shape index (κ1) is 33.0. The molecular formula is C28H32Br3LiO2. The Morgan fingerprint density at radius 1 is 0.706 bits per heavy atom. The number of ether oxygens (including phenoxy) is 2. The van der Waals surface area contributed by atoms with Crippen LogP contribution in [0, 0.1) is 6.92 Å². The van der Waals surface area contributed by atoms with Crippen molar-refractivity contribution in [3.05, 3.63) is 90.3 Å². The SMILES string of the molecule is BrCCBr.COc1cc2ccccc2cc1Br.COc1ccc2ccccc2c1.[CH2-]CCC.[Li+]. The number of hydrogen-bond acceptors (Lipinski definition) is 2. The number of hydrogen-bond donors (Lipinski definition) is 0. The summed E-state index contributed by atoms with van der Waals surface area (Å²) in [4.78, 5) is 0. The van der Waals surface area contributed by atoms with Crippen molar-refractivity contribution < 1.29 is 28.3 Å². The molecule has 0 saturated heterocycles. The molecule has 4 aromatic carbocycles. The van der Waals surface area contributed by atoms with E-state index < -0.39 is 0 Å². The fourth-order valence-electron chi connectivity index (χ4n) is 2.64. The van der Waals surface area contributed by atoms with Crippen molar-refractivity contribution in [3.8, 4) is 11.5 Å². The molecule has 6 heteroatoms. The topological polar surface area (TPSA) is 18.5 Å². The molecule has 0 spiro atoms. The van der Waals surface area contributed by atoms with Crippen molar-refractivity contribution >= 4 is 69.3 Å². The summed E-state index contributed by atoms with van der Waals surface area (Å²) < 4.78 is 11.3. The van der Waals surface area contributed by atoms with Gasteiger partial charge >= 0.3 is 18.9 Å². The maximum Gasteiger partial charge on any atom is 1.00 e. The van der Waals surface area contributed by atoms with Gasteiger partial charge in [0.1, 0.15) is 11.5 Å². The maximum atomic E-state index is 5.21. The molecule has 0 fully saturated rings. The van der Waals surface area contributed by atoms with Crippen LogP contribution in [0.5, 0.6) is 11.5 Å². The van der Waals surface area contributed by atoms with Crippen molar-refractivity contribution in [1.29, 1.82) is 0 Å². The fourth-order valence-corrected chi connectivity index (χ4v) is 3.17. The second kappa shape index (κ2) is 20.3. The fraction of sp³-hybridized carbons (Fsp3) is 0.250. The first-order valence-corrected chi connectivity index (χ1v) is 13.7. The van der Waals surface area contributed by atoms with Crippen LogP contribution in [0.1, 0.15) is 19.8 Å². The Hall–Kier alpha value is -0.963. The van der Waals surface area contributed by atoms with Crippen LogP contribution >= 0.6 is 47.8 Å². The van der Waals surface area contributed by atoms with Gasteiger partial charge in [-0.25, -0.2) is 0 Å². The Kier molecular flexibility index (Phi) is 19.7. The summed E-state index contributed by atoms with van der Waals surface area (Å²) in [5.74, 6) is 1.78. The molecule has 0 radical (unpaired) electrons. The van der Waals surface area contributed by atoms with Crippen LogP contribution in [0.4, 0.5) is 0 Å². The van der Waals surface area contributed by atoms with Crippen molar-refractivity contribution in [2.24, 2.45) is 0 Å². The van der Waals surface area contributed by atoms with Crippen LogP contribution in [0.25, 0.3) is 21.5 Å². The monoisotopic (exact) mass is 644 g/mol. The molecule has 4 aromatic rings. The zero-order valence-corrected chi connectivity index (χ0v) is 25.2. The van der Waals surface area contributed by atoms with Crippen LogP contribution < -0.4 is 28.3 Å². The zero-order valence-electron chi connectivity index (χ0n) is 20.5. The van der Waals surface area contributed by atoms with Crippen molar-refractivity contribution in [2.75, 3.05) is 24.9 Å². The summed E-state index contributed by atoms with van der Waals surface area (Å²) in [6.07, 6.45) is 2.28. The van der Waals surface area contributed by atoms with Gasteiger partial charge in [-0.15, -0.1) is 0 Å². The Bertz CT molecular complexity index is 1070. The summed E-state index contributed by atoms with van der Waals surface area (Å²) in [7, 11) is 3.36. The van der Waals surface area contributed by atoms with Crippen LogP contribution in [-0.2, 0) is 0 Å².